The molecule has 1 amide bonds. The molecule has 3 aromatic rings. The van der Waals surface area contributed by atoms with E-state index < -0.39 is 11.5 Å². The van der Waals surface area contributed by atoms with Gasteiger partial charge in [-0.3, -0.25) is 14.5 Å². The molecule has 0 atom stereocenters. The molecule has 0 aliphatic carbocycles. The lowest BCUT2D eigenvalue weighted by atomic mass is 10.1. The summed E-state index contributed by atoms with van der Waals surface area (Å²) in [5.41, 5.74) is 1.19. The van der Waals surface area contributed by atoms with Crippen molar-refractivity contribution in [2.75, 3.05) is 11.4 Å². The number of anilines is 1. The summed E-state index contributed by atoms with van der Waals surface area (Å²) in [7, 11) is 0. The van der Waals surface area contributed by atoms with Crippen molar-refractivity contribution in [1.82, 2.24) is 14.3 Å². The number of hydrogen-bond donors (Lipinski definition) is 1. The van der Waals surface area contributed by atoms with Crippen LogP contribution in [0.1, 0.15) is 15.9 Å². The Bertz CT molecular complexity index is 1080. The van der Waals surface area contributed by atoms with Gasteiger partial charge in [0.15, 0.2) is 0 Å². The van der Waals surface area contributed by atoms with Gasteiger partial charge in [0, 0.05) is 24.5 Å². The quantitative estimate of drug-likeness (QED) is 0.728. The van der Waals surface area contributed by atoms with Crippen molar-refractivity contribution in [3.63, 3.8) is 0 Å². The number of nitrogens with zero attached hydrogens (tertiary/aromatic N) is 4. The molecule has 0 fully saturated rings. The van der Waals surface area contributed by atoms with Gasteiger partial charge in [-0.05, 0) is 18.1 Å². The molecule has 4 heterocycles. The Morgan fingerprint density at radius 2 is 2.04 bits per heavy atom. The first-order valence-electron chi connectivity index (χ1n) is 7.88. The zero-order valence-corrected chi connectivity index (χ0v) is 12.8. The summed E-state index contributed by atoms with van der Waals surface area (Å²) in [4.78, 5) is 27.3. The molecule has 7 heteroatoms. The highest BCUT2D eigenvalue weighted by molar-refractivity contribution is 6.10. The van der Waals surface area contributed by atoms with Crippen LogP contribution in [0.4, 0.5) is 5.82 Å². The van der Waals surface area contributed by atoms with Gasteiger partial charge < -0.3 is 9.67 Å². The van der Waals surface area contributed by atoms with Crippen LogP contribution in [0, 0.1) is 0 Å². The van der Waals surface area contributed by atoms with Crippen LogP contribution in [0.25, 0.3) is 10.9 Å². The fourth-order valence-electron chi connectivity index (χ4n) is 3.79. The predicted octanol–water partition coefficient (Wildman–Crippen LogP) is 1.12. The van der Waals surface area contributed by atoms with E-state index in [9.17, 15) is 14.7 Å². The second kappa shape index (κ2) is 4.47. The number of aromatic nitrogens is 3. The molecular formula is C17H14N4O3. The van der Waals surface area contributed by atoms with Crippen LogP contribution < -0.4 is 10.5 Å². The van der Waals surface area contributed by atoms with Gasteiger partial charge in [0.1, 0.15) is 17.1 Å². The molecule has 0 unspecified atom stereocenters. The zero-order chi connectivity index (χ0) is 16.4. The third-order valence-electron chi connectivity index (χ3n) is 4.91. The molecule has 1 aromatic carbocycles. The Kier molecular flexibility index (Phi) is 2.49. The lowest BCUT2D eigenvalue weighted by Gasteiger charge is -2.17. The number of aromatic hydroxyl groups is 1. The SMILES string of the molecule is O=C(c1c(O)c2cccc3c2n(c1=O)CC3)N1CCn2nccc21. The van der Waals surface area contributed by atoms with Gasteiger partial charge in [-0.15, -0.1) is 0 Å². The second-order valence-corrected chi connectivity index (χ2v) is 6.11. The molecule has 0 spiro atoms. The molecule has 2 aliphatic heterocycles. The summed E-state index contributed by atoms with van der Waals surface area (Å²) in [6.45, 7) is 1.56. The number of rotatable bonds is 1. The van der Waals surface area contributed by atoms with Crippen LogP contribution in [0.15, 0.2) is 35.3 Å². The van der Waals surface area contributed by atoms with Crippen molar-refractivity contribution in [2.45, 2.75) is 19.5 Å². The van der Waals surface area contributed by atoms with E-state index >= 15 is 0 Å². The van der Waals surface area contributed by atoms with Crippen LogP contribution in [0.5, 0.6) is 5.75 Å². The van der Waals surface area contributed by atoms with Gasteiger partial charge in [-0.2, -0.15) is 5.10 Å². The Morgan fingerprint density at radius 3 is 2.92 bits per heavy atom. The highest BCUT2D eigenvalue weighted by atomic mass is 16.3. The second-order valence-electron chi connectivity index (χ2n) is 6.11. The smallest absolute Gasteiger partial charge is 0.268 e. The monoisotopic (exact) mass is 322 g/mol. The van der Waals surface area contributed by atoms with Gasteiger partial charge in [0.05, 0.1) is 18.3 Å². The fraction of sp³-hybridized carbons (Fsp3) is 0.235. The highest BCUT2D eigenvalue weighted by Crippen LogP contribution is 2.33. The van der Waals surface area contributed by atoms with Gasteiger partial charge in [-0.1, -0.05) is 12.1 Å². The molecule has 0 radical (unpaired) electrons. The minimum absolute atomic E-state index is 0.156. The van der Waals surface area contributed by atoms with Crippen LogP contribution in [0.3, 0.4) is 0 Å². The highest BCUT2D eigenvalue weighted by Gasteiger charge is 2.32. The normalized spacial score (nSPS) is 15.2. The number of carbonyl (C=O) groups excluding carboxylic acids is 1. The summed E-state index contributed by atoms with van der Waals surface area (Å²) >= 11 is 0. The average Bonchev–Trinajstić information content (AvgIpc) is 3.28. The van der Waals surface area contributed by atoms with Crippen LogP contribution in [-0.2, 0) is 19.5 Å². The molecule has 7 nitrogen and oxygen atoms in total. The van der Waals surface area contributed by atoms with E-state index in [0.29, 0.717) is 30.8 Å². The Hall–Kier alpha value is -3.09. The number of carbonyl (C=O) groups is 1. The van der Waals surface area contributed by atoms with Crippen molar-refractivity contribution in [3.8, 4) is 5.75 Å². The van der Waals surface area contributed by atoms with Crippen molar-refractivity contribution in [2.24, 2.45) is 0 Å². The van der Waals surface area contributed by atoms with Gasteiger partial charge in [0.25, 0.3) is 11.5 Å². The van der Waals surface area contributed by atoms with E-state index in [-0.39, 0.29) is 11.3 Å². The molecule has 0 saturated carbocycles. The zero-order valence-electron chi connectivity index (χ0n) is 12.8. The minimum atomic E-state index is -0.472. The average molecular weight is 322 g/mol. The van der Waals surface area contributed by atoms with E-state index in [1.807, 2.05) is 12.1 Å². The maximum absolute atomic E-state index is 13.0. The lowest BCUT2D eigenvalue weighted by molar-refractivity contribution is 0.0985. The van der Waals surface area contributed by atoms with Crippen LogP contribution in [-0.4, -0.2) is 31.9 Å². The summed E-state index contributed by atoms with van der Waals surface area (Å²) in [5.74, 6) is -0.0493. The standard InChI is InChI=1S/C17H14N4O3/c22-15-11-3-1-2-10-5-7-20(14(10)11)17(24)13(15)16(23)19-8-9-21-12(19)4-6-18-21/h1-4,6,22H,5,7-9H2. The summed E-state index contributed by atoms with van der Waals surface area (Å²) in [6.07, 6.45) is 2.36. The van der Waals surface area contributed by atoms with Crippen LogP contribution in [0.2, 0.25) is 0 Å². The number of hydrogen-bond acceptors (Lipinski definition) is 4. The minimum Gasteiger partial charge on any atom is -0.506 e. The molecule has 24 heavy (non-hydrogen) atoms. The van der Waals surface area contributed by atoms with Crippen molar-refractivity contribution < 1.29 is 9.90 Å². The maximum Gasteiger partial charge on any atom is 0.268 e. The molecule has 1 N–H and O–H groups in total. The summed E-state index contributed by atoms with van der Waals surface area (Å²) < 4.78 is 3.32. The largest absolute Gasteiger partial charge is 0.506 e. The summed E-state index contributed by atoms with van der Waals surface area (Å²) in [6, 6.07) is 7.28. The molecule has 2 aromatic heterocycles. The van der Waals surface area contributed by atoms with Gasteiger partial charge in [-0.25, -0.2) is 4.68 Å². The van der Waals surface area contributed by atoms with E-state index in [0.717, 1.165) is 17.5 Å². The molecule has 120 valence electrons. The number of para-hydroxylation sites is 1. The van der Waals surface area contributed by atoms with E-state index in [2.05, 4.69) is 5.10 Å². The fourth-order valence-corrected chi connectivity index (χ4v) is 3.79. The topological polar surface area (TPSA) is 80.4 Å². The van der Waals surface area contributed by atoms with E-state index in [1.165, 1.54) is 4.90 Å². The number of aryl methyl sites for hydroxylation is 2. The first kappa shape index (κ1) is 13.4. The van der Waals surface area contributed by atoms with Crippen molar-refractivity contribution in [3.05, 3.63) is 51.9 Å². The maximum atomic E-state index is 13.0. The molecule has 0 saturated heterocycles. The lowest BCUT2D eigenvalue weighted by Crippen LogP contribution is -2.35. The van der Waals surface area contributed by atoms with Gasteiger partial charge >= 0.3 is 0 Å². The molecular weight excluding hydrogens is 308 g/mol. The van der Waals surface area contributed by atoms with E-state index in [1.54, 1.807) is 27.6 Å². The Labute approximate surface area is 136 Å². The Morgan fingerprint density at radius 1 is 1.17 bits per heavy atom. The van der Waals surface area contributed by atoms with Crippen LogP contribution >= 0.6 is 0 Å². The molecule has 2 aliphatic rings. The number of amides is 1. The summed E-state index contributed by atoms with van der Waals surface area (Å²) in [5, 5.41) is 15.3. The molecule has 0 bridgehead atoms. The number of benzene rings is 1. The number of pyridine rings is 1. The van der Waals surface area contributed by atoms with E-state index in [4.69, 9.17) is 0 Å². The predicted molar refractivity (Wildman–Crippen MR) is 87.5 cm³/mol. The number of fused-ring (bicyclic) bond motifs is 1. The van der Waals surface area contributed by atoms with Gasteiger partial charge in [0.2, 0.25) is 0 Å². The third kappa shape index (κ3) is 1.53. The van der Waals surface area contributed by atoms with Crippen molar-refractivity contribution in [1.29, 1.82) is 0 Å². The first-order valence-corrected chi connectivity index (χ1v) is 7.88. The Balaban J connectivity index is 1.75. The third-order valence-corrected chi connectivity index (χ3v) is 4.91. The molecule has 5 rings (SSSR count). The van der Waals surface area contributed by atoms with Crippen molar-refractivity contribution >= 4 is 22.6 Å². The first-order chi connectivity index (χ1) is 11.7.